The summed E-state index contributed by atoms with van der Waals surface area (Å²) in [4.78, 5) is 12.9. The zero-order valence-electron chi connectivity index (χ0n) is 17.0. The van der Waals surface area contributed by atoms with Crippen molar-refractivity contribution in [2.75, 3.05) is 13.7 Å². The Morgan fingerprint density at radius 1 is 0.970 bits per heavy atom. The molecule has 0 radical (unpaired) electrons. The zero-order valence-corrected chi connectivity index (χ0v) is 17.0. The van der Waals surface area contributed by atoms with E-state index >= 15 is 0 Å². The molecule has 12 nitrogen and oxygen atoms in total. The first-order valence-corrected chi connectivity index (χ1v) is 9.58. The summed E-state index contributed by atoms with van der Waals surface area (Å²) in [5.74, 6) is -3.36. The van der Waals surface area contributed by atoms with E-state index < -0.39 is 53.0 Å². The van der Waals surface area contributed by atoms with Crippen LogP contribution in [0.4, 0.5) is 0 Å². The average molecular weight is 464 g/mol. The fourth-order valence-electron chi connectivity index (χ4n) is 3.47. The summed E-state index contributed by atoms with van der Waals surface area (Å²) in [5.41, 5.74) is -0.985. The lowest BCUT2D eigenvalue weighted by Gasteiger charge is -2.35. The third-order valence-corrected chi connectivity index (χ3v) is 5.14. The van der Waals surface area contributed by atoms with Gasteiger partial charge in [0.15, 0.2) is 17.3 Å². The van der Waals surface area contributed by atoms with Crippen LogP contribution in [0.3, 0.4) is 0 Å². The van der Waals surface area contributed by atoms with Crippen molar-refractivity contribution in [3.63, 3.8) is 0 Å². The maximum absolute atomic E-state index is 12.9. The molecule has 3 aromatic rings. The highest BCUT2D eigenvalue weighted by atomic mass is 16.7. The Balaban J connectivity index is 1.84. The highest BCUT2D eigenvalue weighted by Crippen LogP contribution is 2.43. The summed E-state index contributed by atoms with van der Waals surface area (Å²) in [5, 5.41) is 69.4. The van der Waals surface area contributed by atoms with Gasteiger partial charge in [-0.3, -0.25) is 4.79 Å². The number of rotatable bonds is 4. The van der Waals surface area contributed by atoms with E-state index in [2.05, 4.69) is 0 Å². The van der Waals surface area contributed by atoms with Crippen LogP contribution in [-0.4, -0.2) is 74.1 Å². The molecule has 1 aliphatic heterocycles. The van der Waals surface area contributed by atoms with Gasteiger partial charge in [0, 0.05) is 17.7 Å². The Kier molecular flexibility index (Phi) is 5.68. The minimum atomic E-state index is -1.68. The standard InChI is InChI=1S/C21H20O12/c1-30-20-17(28)14-9(23)4-8(22)5-12(14)32-19(20)7-2-10(24)15(26)13(3-7)33-21-18(29)16(27)11(25)6-31-21/h2-5,11,16,18,21-27,29H,6H2,1H3/t11-,16+,18-,21+/m1/s1. The van der Waals surface area contributed by atoms with Crippen molar-refractivity contribution in [2.24, 2.45) is 0 Å². The van der Waals surface area contributed by atoms with Crippen LogP contribution in [-0.2, 0) is 4.74 Å². The second-order valence-electron chi connectivity index (χ2n) is 7.34. The van der Waals surface area contributed by atoms with Gasteiger partial charge in [-0.25, -0.2) is 0 Å². The monoisotopic (exact) mass is 464 g/mol. The second kappa shape index (κ2) is 8.33. The van der Waals surface area contributed by atoms with Crippen molar-refractivity contribution in [3.8, 4) is 45.8 Å². The van der Waals surface area contributed by atoms with Crippen LogP contribution in [0.25, 0.3) is 22.3 Å². The van der Waals surface area contributed by atoms with Gasteiger partial charge >= 0.3 is 0 Å². The lowest BCUT2D eigenvalue weighted by atomic mass is 10.1. The Morgan fingerprint density at radius 3 is 2.39 bits per heavy atom. The molecule has 0 saturated carbocycles. The maximum Gasteiger partial charge on any atom is 0.239 e. The normalized spacial score (nSPS) is 22.9. The van der Waals surface area contributed by atoms with Gasteiger partial charge in [0.2, 0.25) is 23.2 Å². The van der Waals surface area contributed by atoms with Crippen molar-refractivity contribution >= 4 is 11.0 Å². The number of methoxy groups -OCH3 is 1. The Hall–Kier alpha value is -3.71. The van der Waals surface area contributed by atoms with E-state index in [1.165, 1.54) is 7.11 Å². The van der Waals surface area contributed by atoms with E-state index in [1.807, 2.05) is 0 Å². The molecule has 1 saturated heterocycles. The van der Waals surface area contributed by atoms with E-state index in [-0.39, 0.29) is 40.4 Å². The van der Waals surface area contributed by atoms with Gasteiger partial charge in [-0.15, -0.1) is 0 Å². The maximum atomic E-state index is 12.9. The minimum absolute atomic E-state index is 0.0233. The lowest BCUT2D eigenvalue weighted by molar-refractivity contribution is -0.242. The first-order valence-electron chi connectivity index (χ1n) is 9.58. The second-order valence-corrected chi connectivity index (χ2v) is 7.34. The predicted molar refractivity (Wildman–Crippen MR) is 110 cm³/mol. The predicted octanol–water partition coefficient (Wildman–Crippen LogP) is 0.109. The largest absolute Gasteiger partial charge is 0.508 e. The number of aromatic hydroxyl groups is 4. The summed E-state index contributed by atoms with van der Waals surface area (Å²) < 4.78 is 21.3. The topological polar surface area (TPSA) is 200 Å². The van der Waals surface area contributed by atoms with Crippen LogP contribution >= 0.6 is 0 Å². The number of aliphatic hydroxyl groups excluding tert-OH is 3. The Labute approximate surface area is 184 Å². The highest BCUT2D eigenvalue weighted by molar-refractivity contribution is 5.88. The van der Waals surface area contributed by atoms with Gasteiger partial charge in [-0.2, -0.15) is 0 Å². The van der Waals surface area contributed by atoms with Crippen LogP contribution in [0.2, 0.25) is 0 Å². The van der Waals surface area contributed by atoms with E-state index in [1.54, 1.807) is 0 Å². The van der Waals surface area contributed by atoms with E-state index in [0.717, 1.165) is 24.3 Å². The molecule has 0 bridgehead atoms. The summed E-state index contributed by atoms with van der Waals surface area (Å²) in [6.07, 6.45) is -6.12. The van der Waals surface area contributed by atoms with Gasteiger partial charge in [-0.05, 0) is 12.1 Å². The van der Waals surface area contributed by atoms with E-state index in [4.69, 9.17) is 18.6 Å². The number of aliphatic hydroxyl groups is 3. The highest BCUT2D eigenvalue weighted by Gasteiger charge is 2.39. The third kappa shape index (κ3) is 3.85. The molecule has 1 aromatic heterocycles. The molecule has 33 heavy (non-hydrogen) atoms. The van der Waals surface area contributed by atoms with Gasteiger partial charge in [0.25, 0.3) is 0 Å². The summed E-state index contributed by atoms with van der Waals surface area (Å²) in [7, 11) is 1.18. The Morgan fingerprint density at radius 2 is 1.70 bits per heavy atom. The van der Waals surface area contributed by atoms with Crippen LogP contribution < -0.4 is 14.9 Å². The van der Waals surface area contributed by atoms with Gasteiger partial charge < -0.3 is 54.4 Å². The minimum Gasteiger partial charge on any atom is -0.508 e. The fourth-order valence-corrected chi connectivity index (χ4v) is 3.47. The fraction of sp³-hybridized carbons (Fsp3) is 0.286. The van der Waals surface area contributed by atoms with Crippen molar-refractivity contribution in [2.45, 2.75) is 24.6 Å². The zero-order chi connectivity index (χ0) is 24.0. The number of benzene rings is 2. The van der Waals surface area contributed by atoms with Crippen LogP contribution in [0.15, 0.2) is 33.5 Å². The van der Waals surface area contributed by atoms with Crippen molar-refractivity contribution < 1.29 is 54.4 Å². The first kappa shape index (κ1) is 22.5. The third-order valence-electron chi connectivity index (χ3n) is 5.14. The number of ether oxygens (including phenoxy) is 3. The van der Waals surface area contributed by atoms with Crippen molar-refractivity contribution in [3.05, 3.63) is 34.5 Å². The molecule has 1 fully saturated rings. The molecule has 2 heterocycles. The molecular formula is C21H20O12. The average Bonchev–Trinajstić information content (AvgIpc) is 2.76. The van der Waals surface area contributed by atoms with Crippen LogP contribution in [0, 0.1) is 0 Å². The van der Waals surface area contributed by atoms with Crippen molar-refractivity contribution in [1.82, 2.24) is 0 Å². The molecule has 1 aliphatic rings. The molecule has 12 heteroatoms. The number of fused-ring (bicyclic) bond motifs is 1. The Bertz CT molecular complexity index is 1270. The van der Waals surface area contributed by atoms with Gasteiger partial charge in [0.05, 0.1) is 13.7 Å². The molecule has 4 rings (SSSR count). The van der Waals surface area contributed by atoms with Crippen LogP contribution in [0.5, 0.6) is 34.5 Å². The summed E-state index contributed by atoms with van der Waals surface area (Å²) in [6, 6.07) is 4.22. The van der Waals surface area contributed by atoms with Crippen LogP contribution in [0.1, 0.15) is 0 Å². The number of hydrogen-bond acceptors (Lipinski definition) is 12. The number of hydrogen-bond donors (Lipinski definition) is 7. The van der Waals surface area contributed by atoms with E-state index in [9.17, 15) is 40.5 Å². The number of phenolic OH excluding ortho intramolecular Hbond substituents is 4. The quantitative estimate of drug-likeness (QED) is 0.257. The van der Waals surface area contributed by atoms with Gasteiger partial charge in [0.1, 0.15) is 40.8 Å². The lowest BCUT2D eigenvalue weighted by Crippen LogP contribution is -2.54. The molecular weight excluding hydrogens is 444 g/mol. The molecule has 0 spiro atoms. The molecule has 4 atom stereocenters. The van der Waals surface area contributed by atoms with Gasteiger partial charge in [-0.1, -0.05) is 0 Å². The molecule has 7 N–H and O–H groups in total. The molecule has 2 aromatic carbocycles. The molecule has 0 unspecified atom stereocenters. The molecule has 0 aliphatic carbocycles. The smallest absolute Gasteiger partial charge is 0.239 e. The SMILES string of the molecule is COc1c(-c2cc(O)c(O)c(O[C@@H]3OC[C@@H](O)[C@H](O)[C@H]3O)c2)oc2cc(O)cc(O)c2c1=O. The first-order chi connectivity index (χ1) is 15.6. The van der Waals surface area contributed by atoms with E-state index in [0.29, 0.717) is 0 Å². The molecule has 0 amide bonds. The summed E-state index contributed by atoms with van der Waals surface area (Å²) >= 11 is 0. The van der Waals surface area contributed by atoms with Crippen molar-refractivity contribution in [1.29, 1.82) is 0 Å². The summed E-state index contributed by atoms with van der Waals surface area (Å²) in [6.45, 7) is -0.365. The number of phenols is 4. The molecule has 176 valence electrons.